The maximum absolute atomic E-state index is 5.27. The van der Waals surface area contributed by atoms with Gasteiger partial charge < -0.3 is 4.57 Å². The lowest BCUT2D eigenvalue weighted by molar-refractivity contribution is 1.08. The molecule has 0 spiro atoms. The van der Waals surface area contributed by atoms with Crippen LogP contribution < -0.4 is 0 Å². The van der Waals surface area contributed by atoms with Gasteiger partial charge in [-0.3, -0.25) is 0 Å². The number of fused-ring (bicyclic) bond motifs is 9. The number of benzene rings is 8. The normalized spacial score (nSPS) is 11.9. The van der Waals surface area contributed by atoms with Crippen LogP contribution in [0.3, 0.4) is 0 Å². The van der Waals surface area contributed by atoms with E-state index in [1.807, 2.05) is 29.5 Å². The van der Waals surface area contributed by atoms with Crippen LogP contribution >= 0.6 is 22.7 Å². The van der Waals surface area contributed by atoms with Gasteiger partial charge in [-0.15, -0.1) is 22.7 Å². The number of aromatic nitrogens is 4. The van der Waals surface area contributed by atoms with E-state index in [4.69, 9.17) is 15.0 Å². The molecule has 4 nitrogen and oxygen atoms in total. The van der Waals surface area contributed by atoms with Crippen LogP contribution in [0.4, 0.5) is 0 Å². The van der Waals surface area contributed by atoms with Crippen molar-refractivity contribution in [3.63, 3.8) is 0 Å². The molecule has 0 saturated carbocycles. The molecule has 0 saturated heterocycles. The van der Waals surface area contributed by atoms with Crippen molar-refractivity contribution in [3.05, 3.63) is 182 Å². The molecular formula is C51H30N4S2. The first-order valence-electron chi connectivity index (χ1n) is 19.0. The van der Waals surface area contributed by atoms with E-state index in [9.17, 15) is 0 Å². The van der Waals surface area contributed by atoms with Crippen molar-refractivity contribution in [2.75, 3.05) is 0 Å². The second kappa shape index (κ2) is 12.8. The highest BCUT2D eigenvalue weighted by atomic mass is 32.1. The lowest BCUT2D eigenvalue weighted by Gasteiger charge is -2.12. The van der Waals surface area contributed by atoms with Crippen LogP contribution in [0.15, 0.2) is 182 Å². The molecule has 266 valence electrons. The van der Waals surface area contributed by atoms with Crippen molar-refractivity contribution >= 4 is 84.8 Å². The molecule has 0 radical (unpaired) electrons. The van der Waals surface area contributed by atoms with Gasteiger partial charge in [0.1, 0.15) is 0 Å². The zero-order valence-corrected chi connectivity index (χ0v) is 32.1. The van der Waals surface area contributed by atoms with Crippen LogP contribution in [0.1, 0.15) is 0 Å². The van der Waals surface area contributed by atoms with Crippen molar-refractivity contribution in [2.45, 2.75) is 0 Å². The van der Waals surface area contributed by atoms with Gasteiger partial charge in [-0.2, -0.15) is 0 Å². The van der Waals surface area contributed by atoms with E-state index in [1.54, 1.807) is 11.3 Å². The average Bonchev–Trinajstić information content (AvgIpc) is 3.95. The average molecular weight is 763 g/mol. The Morgan fingerprint density at radius 3 is 1.70 bits per heavy atom. The Hall–Kier alpha value is -6.99. The molecule has 12 rings (SSSR count). The van der Waals surface area contributed by atoms with Gasteiger partial charge in [0, 0.05) is 73.5 Å². The maximum atomic E-state index is 5.27. The Morgan fingerprint density at radius 1 is 0.333 bits per heavy atom. The monoisotopic (exact) mass is 762 g/mol. The number of nitrogens with zero attached hydrogens (tertiary/aromatic N) is 4. The van der Waals surface area contributed by atoms with Crippen LogP contribution in [0.25, 0.3) is 113 Å². The Morgan fingerprint density at radius 2 is 0.895 bits per heavy atom. The minimum atomic E-state index is 0.651. The molecule has 8 aromatic carbocycles. The van der Waals surface area contributed by atoms with Gasteiger partial charge in [0.15, 0.2) is 17.5 Å². The van der Waals surface area contributed by atoms with Gasteiger partial charge >= 0.3 is 0 Å². The highest BCUT2D eigenvalue weighted by Gasteiger charge is 2.20. The standard InChI is InChI=1S/C51H30N4S2/c1-3-13-31(14-4-1)49-52-50(33-23-25-38-37-18-8-11-21-44(37)56-46(38)29-33)54-51(53-49)34-28-40(48-39-19-9-12-22-45(39)57-47(48)30-34)32-24-26-43-41(27-32)36-17-7-10-20-42(36)55(43)35-15-5-2-6-16-35/h1-30H. The third-order valence-corrected chi connectivity index (χ3v) is 13.3. The van der Waals surface area contributed by atoms with E-state index in [2.05, 4.69) is 168 Å². The summed E-state index contributed by atoms with van der Waals surface area (Å²) in [7, 11) is 0. The molecule has 0 bridgehead atoms. The molecule has 4 heterocycles. The first kappa shape index (κ1) is 32.3. The summed E-state index contributed by atoms with van der Waals surface area (Å²) in [5.74, 6) is 1.96. The topological polar surface area (TPSA) is 43.6 Å². The van der Waals surface area contributed by atoms with Crippen molar-refractivity contribution in [3.8, 4) is 51.0 Å². The number of para-hydroxylation sites is 2. The summed E-state index contributed by atoms with van der Waals surface area (Å²) in [5.41, 5.74) is 8.72. The van der Waals surface area contributed by atoms with E-state index in [1.165, 1.54) is 62.2 Å². The molecule has 0 N–H and O–H groups in total. The van der Waals surface area contributed by atoms with Gasteiger partial charge in [0.05, 0.1) is 11.0 Å². The second-order valence-corrected chi connectivity index (χ2v) is 16.6. The Balaban J connectivity index is 1.10. The lowest BCUT2D eigenvalue weighted by Crippen LogP contribution is -2.00. The molecule has 0 unspecified atom stereocenters. The molecule has 12 aromatic rings. The summed E-state index contributed by atoms with van der Waals surface area (Å²) in [4.78, 5) is 15.6. The molecule has 0 amide bonds. The van der Waals surface area contributed by atoms with E-state index >= 15 is 0 Å². The molecule has 0 atom stereocenters. The first-order valence-corrected chi connectivity index (χ1v) is 20.6. The smallest absolute Gasteiger partial charge is 0.164 e. The summed E-state index contributed by atoms with van der Waals surface area (Å²) in [5, 5.41) is 7.47. The van der Waals surface area contributed by atoms with Crippen LogP contribution in [0.5, 0.6) is 0 Å². The van der Waals surface area contributed by atoms with Crippen LogP contribution in [0, 0.1) is 0 Å². The van der Waals surface area contributed by atoms with Crippen LogP contribution in [-0.4, -0.2) is 19.5 Å². The molecular weight excluding hydrogens is 733 g/mol. The molecule has 0 fully saturated rings. The number of thiophene rings is 2. The fraction of sp³-hybridized carbons (Fsp3) is 0. The fourth-order valence-electron chi connectivity index (χ4n) is 8.42. The highest BCUT2D eigenvalue weighted by molar-refractivity contribution is 7.26. The van der Waals surface area contributed by atoms with Gasteiger partial charge in [-0.25, -0.2) is 15.0 Å². The lowest BCUT2D eigenvalue weighted by atomic mass is 9.95. The largest absolute Gasteiger partial charge is 0.309 e. The van der Waals surface area contributed by atoms with E-state index in [0.29, 0.717) is 17.5 Å². The SMILES string of the molecule is c1ccc(-c2nc(-c3ccc4c(c3)sc3ccccc34)nc(-c3cc(-c4ccc5c(c4)c4ccccc4n5-c4ccccc4)c4c(c3)sc3ccccc34)n2)cc1. The van der Waals surface area contributed by atoms with Crippen molar-refractivity contribution in [1.29, 1.82) is 0 Å². The predicted octanol–water partition coefficient (Wildman–Crippen LogP) is 14.4. The minimum absolute atomic E-state index is 0.651. The minimum Gasteiger partial charge on any atom is -0.309 e. The zero-order chi connectivity index (χ0) is 37.5. The summed E-state index contributed by atoms with van der Waals surface area (Å²) in [6.07, 6.45) is 0. The van der Waals surface area contributed by atoms with Gasteiger partial charge in [-0.05, 0) is 71.8 Å². The van der Waals surface area contributed by atoms with Crippen LogP contribution in [0.2, 0.25) is 0 Å². The molecule has 6 heteroatoms. The van der Waals surface area contributed by atoms with Gasteiger partial charge in [0.25, 0.3) is 0 Å². The van der Waals surface area contributed by atoms with E-state index in [-0.39, 0.29) is 0 Å². The Kier molecular flexibility index (Phi) is 7.24. The maximum Gasteiger partial charge on any atom is 0.164 e. The Labute approximate surface area is 335 Å². The second-order valence-electron chi connectivity index (χ2n) is 14.4. The van der Waals surface area contributed by atoms with Gasteiger partial charge in [-0.1, -0.05) is 121 Å². The molecule has 0 aliphatic carbocycles. The first-order chi connectivity index (χ1) is 28.2. The third kappa shape index (κ3) is 5.22. The zero-order valence-electron chi connectivity index (χ0n) is 30.4. The molecule has 0 aliphatic heterocycles. The number of hydrogen-bond acceptors (Lipinski definition) is 5. The fourth-order valence-corrected chi connectivity index (χ4v) is 10.7. The number of rotatable bonds is 5. The number of hydrogen-bond donors (Lipinski definition) is 0. The molecule has 0 aliphatic rings. The molecule has 4 aromatic heterocycles. The van der Waals surface area contributed by atoms with E-state index < -0.39 is 0 Å². The highest BCUT2D eigenvalue weighted by Crippen LogP contribution is 2.44. The van der Waals surface area contributed by atoms with Crippen molar-refractivity contribution < 1.29 is 0 Å². The third-order valence-electron chi connectivity index (χ3n) is 11.0. The summed E-state index contributed by atoms with van der Waals surface area (Å²) in [6, 6.07) is 65.0. The summed E-state index contributed by atoms with van der Waals surface area (Å²) in [6.45, 7) is 0. The predicted molar refractivity (Wildman–Crippen MR) is 242 cm³/mol. The van der Waals surface area contributed by atoms with Crippen molar-refractivity contribution in [1.82, 2.24) is 19.5 Å². The van der Waals surface area contributed by atoms with Gasteiger partial charge in [0.2, 0.25) is 0 Å². The van der Waals surface area contributed by atoms with E-state index in [0.717, 1.165) is 33.5 Å². The Bertz CT molecular complexity index is 3530. The summed E-state index contributed by atoms with van der Waals surface area (Å²) >= 11 is 3.62. The molecule has 57 heavy (non-hydrogen) atoms. The summed E-state index contributed by atoms with van der Waals surface area (Å²) < 4.78 is 7.32. The van der Waals surface area contributed by atoms with Crippen molar-refractivity contribution in [2.24, 2.45) is 0 Å². The quantitative estimate of drug-likeness (QED) is 0.175. The van der Waals surface area contributed by atoms with Crippen LogP contribution in [-0.2, 0) is 0 Å².